The average molecular weight is 196 g/mol. The van der Waals surface area contributed by atoms with Crippen molar-refractivity contribution in [3.05, 3.63) is 17.7 Å². The standard InChI is InChI=1S/C9H12N2O3/c1-6-5-10-7(11-6)9(8(12)13)3-2-4-14-9/h5H,2-4H2,1H3,(H,10,11)(H,12,13). The molecule has 1 unspecified atom stereocenters. The number of carboxylic acid groups (broad SMARTS) is 1. The summed E-state index contributed by atoms with van der Waals surface area (Å²) in [7, 11) is 0. The van der Waals surface area contributed by atoms with Crippen LogP contribution in [0, 0.1) is 6.92 Å². The number of nitrogens with one attached hydrogen (secondary N) is 1. The van der Waals surface area contributed by atoms with Gasteiger partial charge >= 0.3 is 5.97 Å². The number of ether oxygens (including phenoxy) is 1. The van der Waals surface area contributed by atoms with Gasteiger partial charge in [-0.2, -0.15) is 0 Å². The highest BCUT2D eigenvalue weighted by Crippen LogP contribution is 2.34. The van der Waals surface area contributed by atoms with Gasteiger partial charge in [-0.3, -0.25) is 0 Å². The molecule has 1 saturated heterocycles. The molecule has 1 atom stereocenters. The maximum atomic E-state index is 11.1. The highest BCUT2D eigenvalue weighted by molar-refractivity contribution is 5.78. The minimum atomic E-state index is -1.24. The molecule has 5 heteroatoms. The Labute approximate surface area is 81.1 Å². The van der Waals surface area contributed by atoms with Gasteiger partial charge < -0.3 is 14.8 Å². The van der Waals surface area contributed by atoms with Gasteiger partial charge in [-0.1, -0.05) is 0 Å². The number of hydrogen-bond acceptors (Lipinski definition) is 3. The zero-order valence-electron chi connectivity index (χ0n) is 7.91. The Kier molecular flexibility index (Phi) is 2.03. The van der Waals surface area contributed by atoms with Crippen molar-refractivity contribution in [3.8, 4) is 0 Å². The second kappa shape index (κ2) is 3.09. The van der Waals surface area contributed by atoms with Crippen molar-refractivity contribution >= 4 is 5.97 Å². The number of H-pyrrole nitrogens is 1. The fourth-order valence-electron chi connectivity index (χ4n) is 1.71. The van der Waals surface area contributed by atoms with Crippen molar-refractivity contribution in [1.29, 1.82) is 0 Å². The quantitative estimate of drug-likeness (QED) is 0.733. The van der Waals surface area contributed by atoms with Gasteiger partial charge in [0, 0.05) is 18.5 Å². The summed E-state index contributed by atoms with van der Waals surface area (Å²) in [6, 6.07) is 0. The number of aromatic amines is 1. The first kappa shape index (κ1) is 9.21. The molecular formula is C9H12N2O3. The maximum absolute atomic E-state index is 11.1. The summed E-state index contributed by atoms with van der Waals surface area (Å²) in [5.41, 5.74) is -0.398. The van der Waals surface area contributed by atoms with E-state index in [1.54, 1.807) is 6.20 Å². The summed E-state index contributed by atoms with van der Waals surface area (Å²) in [5, 5.41) is 9.14. The first-order chi connectivity index (χ1) is 6.65. The van der Waals surface area contributed by atoms with E-state index in [4.69, 9.17) is 9.84 Å². The molecule has 0 aromatic carbocycles. The van der Waals surface area contributed by atoms with Crippen molar-refractivity contribution in [2.45, 2.75) is 25.4 Å². The lowest BCUT2D eigenvalue weighted by atomic mass is 10.00. The normalized spacial score (nSPS) is 26.6. The van der Waals surface area contributed by atoms with E-state index in [2.05, 4.69) is 9.97 Å². The second-order valence-corrected chi connectivity index (χ2v) is 3.50. The number of imidazole rings is 1. The molecule has 1 aliphatic rings. The molecule has 5 nitrogen and oxygen atoms in total. The lowest BCUT2D eigenvalue weighted by Gasteiger charge is -2.20. The monoisotopic (exact) mass is 196 g/mol. The molecular weight excluding hydrogens is 184 g/mol. The van der Waals surface area contributed by atoms with E-state index in [1.807, 2.05) is 6.92 Å². The molecule has 14 heavy (non-hydrogen) atoms. The molecule has 0 spiro atoms. The maximum Gasteiger partial charge on any atom is 0.343 e. The van der Waals surface area contributed by atoms with Crippen molar-refractivity contribution in [2.24, 2.45) is 0 Å². The Morgan fingerprint density at radius 2 is 2.57 bits per heavy atom. The fraction of sp³-hybridized carbons (Fsp3) is 0.556. The highest BCUT2D eigenvalue weighted by Gasteiger charge is 2.47. The SMILES string of the molecule is Cc1cnc(C2(C(=O)O)CCCO2)[nH]1. The lowest BCUT2D eigenvalue weighted by Crippen LogP contribution is -2.36. The summed E-state index contributed by atoms with van der Waals surface area (Å²) < 4.78 is 5.31. The molecule has 1 aromatic rings. The van der Waals surface area contributed by atoms with Crippen LogP contribution in [0.3, 0.4) is 0 Å². The average Bonchev–Trinajstić information content (AvgIpc) is 2.71. The Morgan fingerprint density at radius 3 is 3.00 bits per heavy atom. The molecule has 1 fully saturated rings. The summed E-state index contributed by atoms with van der Waals surface area (Å²) in [4.78, 5) is 18.1. The van der Waals surface area contributed by atoms with E-state index in [0.717, 1.165) is 12.1 Å². The van der Waals surface area contributed by atoms with Gasteiger partial charge in [-0.25, -0.2) is 9.78 Å². The zero-order chi connectivity index (χ0) is 10.2. The topological polar surface area (TPSA) is 75.2 Å². The third kappa shape index (κ3) is 1.21. The number of aromatic nitrogens is 2. The van der Waals surface area contributed by atoms with Crippen LogP contribution in [0.1, 0.15) is 24.4 Å². The van der Waals surface area contributed by atoms with Crippen LogP contribution in [0.2, 0.25) is 0 Å². The van der Waals surface area contributed by atoms with E-state index in [-0.39, 0.29) is 0 Å². The number of rotatable bonds is 2. The van der Waals surface area contributed by atoms with Crippen molar-refractivity contribution in [1.82, 2.24) is 9.97 Å². The van der Waals surface area contributed by atoms with E-state index in [0.29, 0.717) is 18.9 Å². The van der Waals surface area contributed by atoms with Crippen molar-refractivity contribution < 1.29 is 14.6 Å². The summed E-state index contributed by atoms with van der Waals surface area (Å²) in [5.74, 6) is -0.565. The van der Waals surface area contributed by atoms with Crippen LogP contribution >= 0.6 is 0 Å². The summed E-state index contributed by atoms with van der Waals surface area (Å²) >= 11 is 0. The molecule has 0 radical (unpaired) electrons. The minimum absolute atomic E-state index is 0.403. The number of carbonyl (C=O) groups is 1. The van der Waals surface area contributed by atoms with Gasteiger partial charge in [0.05, 0.1) is 0 Å². The minimum Gasteiger partial charge on any atom is -0.479 e. The molecule has 0 amide bonds. The van der Waals surface area contributed by atoms with Crippen LogP contribution in [-0.2, 0) is 15.1 Å². The molecule has 0 saturated carbocycles. The van der Waals surface area contributed by atoms with Crippen LogP contribution in [0.4, 0.5) is 0 Å². The van der Waals surface area contributed by atoms with Crippen molar-refractivity contribution in [3.63, 3.8) is 0 Å². The van der Waals surface area contributed by atoms with E-state index < -0.39 is 11.6 Å². The second-order valence-electron chi connectivity index (χ2n) is 3.50. The molecule has 0 aliphatic carbocycles. The highest BCUT2D eigenvalue weighted by atomic mass is 16.5. The Balaban J connectivity index is 2.41. The zero-order valence-corrected chi connectivity index (χ0v) is 7.91. The first-order valence-electron chi connectivity index (χ1n) is 4.54. The fourth-order valence-corrected chi connectivity index (χ4v) is 1.71. The van der Waals surface area contributed by atoms with Crippen LogP contribution in [-0.4, -0.2) is 27.7 Å². The van der Waals surface area contributed by atoms with Crippen molar-refractivity contribution in [2.75, 3.05) is 6.61 Å². The summed E-state index contributed by atoms with van der Waals surface area (Å²) in [6.07, 6.45) is 2.85. The molecule has 1 aromatic heterocycles. The van der Waals surface area contributed by atoms with Crippen LogP contribution < -0.4 is 0 Å². The molecule has 76 valence electrons. The number of carboxylic acids is 1. The number of aryl methyl sites for hydroxylation is 1. The van der Waals surface area contributed by atoms with Crippen LogP contribution in [0.25, 0.3) is 0 Å². The Bertz CT molecular complexity index is 353. The van der Waals surface area contributed by atoms with E-state index in [9.17, 15) is 4.79 Å². The van der Waals surface area contributed by atoms with Crippen LogP contribution in [0.15, 0.2) is 6.20 Å². The molecule has 2 N–H and O–H groups in total. The summed E-state index contributed by atoms with van der Waals surface area (Å²) in [6.45, 7) is 2.31. The molecule has 0 bridgehead atoms. The third-order valence-electron chi connectivity index (χ3n) is 2.45. The number of aliphatic carboxylic acids is 1. The molecule has 1 aliphatic heterocycles. The van der Waals surface area contributed by atoms with Gasteiger partial charge in [-0.15, -0.1) is 0 Å². The van der Waals surface area contributed by atoms with Gasteiger partial charge in [-0.05, 0) is 19.8 Å². The molecule has 2 rings (SSSR count). The molecule has 2 heterocycles. The van der Waals surface area contributed by atoms with Gasteiger partial charge in [0.25, 0.3) is 0 Å². The number of hydrogen-bond donors (Lipinski definition) is 2. The Hall–Kier alpha value is -1.36. The predicted molar refractivity (Wildman–Crippen MR) is 47.8 cm³/mol. The smallest absolute Gasteiger partial charge is 0.343 e. The van der Waals surface area contributed by atoms with Gasteiger partial charge in [0.2, 0.25) is 5.60 Å². The van der Waals surface area contributed by atoms with Crippen LogP contribution in [0.5, 0.6) is 0 Å². The Morgan fingerprint density at radius 1 is 1.79 bits per heavy atom. The number of nitrogens with zero attached hydrogens (tertiary/aromatic N) is 1. The lowest BCUT2D eigenvalue weighted by molar-refractivity contribution is -0.162. The van der Waals surface area contributed by atoms with Gasteiger partial charge in [0.15, 0.2) is 0 Å². The predicted octanol–water partition coefficient (Wildman–Crippen LogP) is 0.808. The van der Waals surface area contributed by atoms with Gasteiger partial charge in [0.1, 0.15) is 5.82 Å². The largest absolute Gasteiger partial charge is 0.479 e. The van der Waals surface area contributed by atoms with E-state index >= 15 is 0 Å². The van der Waals surface area contributed by atoms with E-state index in [1.165, 1.54) is 0 Å². The third-order valence-corrected chi connectivity index (χ3v) is 2.45. The first-order valence-corrected chi connectivity index (χ1v) is 4.54.